The second kappa shape index (κ2) is 8.05. The molecule has 0 aliphatic heterocycles. The normalized spacial score (nSPS) is 12.0. The summed E-state index contributed by atoms with van der Waals surface area (Å²) in [5.41, 5.74) is 3.41. The summed E-state index contributed by atoms with van der Waals surface area (Å²) in [6.45, 7) is 2.14. The molecule has 26 heavy (non-hydrogen) atoms. The maximum absolute atomic E-state index is 14.4. The fourth-order valence-corrected chi connectivity index (χ4v) is 2.81. The van der Waals surface area contributed by atoms with Crippen molar-refractivity contribution < 1.29 is 13.2 Å². The van der Waals surface area contributed by atoms with Crippen LogP contribution in [0, 0.1) is 5.82 Å². The van der Waals surface area contributed by atoms with Crippen LogP contribution in [0.1, 0.15) is 30.0 Å². The third-order valence-corrected chi connectivity index (χ3v) is 4.25. The number of hydrogen-bond donors (Lipinski definition) is 0. The molecule has 0 saturated carbocycles. The van der Waals surface area contributed by atoms with Crippen LogP contribution in [0.5, 0.6) is 0 Å². The van der Waals surface area contributed by atoms with E-state index in [2.05, 4.69) is 19.1 Å². The summed E-state index contributed by atoms with van der Waals surface area (Å²) in [5, 5.41) is 0. The van der Waals surface area contributed by atoms with Crippen molar-refractivity contribution in [2.75, 3.05) is 0 Å². The maximum atomic E-state index is 14.4. The molecule has 0 spiro atoms. The lowest BCUT2D eigenvalue weighted by Gasteiger charge is -2.06. The Balaban J connectivity index is 1.84. The zero-order valence-electron chi connectivity index (χ0n) is 14.5. The lowest BCUT2D eigenvalue weighted by molar-refractivity contribution is 0.627. The van der Waals surface area contributed by atoms with Gasteiger partial charge in [-0.05, 0) is 47.4 Å². The number of hydrogen-bond acceptors (Lipinski definition) is 0. The highest BCUT2D eigenvalue weighted by Gasteiger charge is 2.12. The predicted octanol–water partition coefficient (Wildman–Crippen LogP) is 7.21. The molecule has 3 aromatic carbocycles. The molecule has 0 aliphatic rings. The summed E-state index contributed by atoms with van der Waals surface area (Å²) in [7, 11) is 0. The van der Waals surface area contributed by atoms with Crippen molar-refractivity contribution in [3.05, 3.63) is 95.3 Å². The Morgan fingerprint density at radius 2 is 1.08 bits per heavy atom. The van der Waals surface area contributed by atoms with E-state index in [0.29, 0.717) is 0 Å². The predicted molar refractivity (Wildman–Crippen MR) is 101 cm³/mol. The summed E-state index contributed by atoms with van der Waals surface area (Å²) >= 11 is 0. The molecule has 3 aromatic rings. The second-order valence-corrected chi connectivity index (χ2v) is 6.16. The molecule has 0 aromatic heterocycles. The van der Waals surface area contributed by atoms with E-state index in [0.717, 1.165) is 36.1 Å². The molecule has 0 unspecified atom stereocenters. The van der Waals surface area contributed by atoms with E-state index < -0.39 is 17.5 Å². The monoisotopic (exact) mass is 352 g/mol. The molecule has 0 saturated heterocycles. The number of halogens is 3. The Hall–Kier alpha value is -2.81. The Morgan fingerprint density at radius 3 is 1.54 bits per heavy atom. The molecule has 0 heterocycles. The average Bonchev–Trinajstić information content (AvgIpc) is 2.68. The topological polar surface area (TPSA) is 0 Å². The Bertz CT molecular complexity index is 890. The van der Waals surface area contributed by atoms with Crippen molar-refractivity contribution in [1.82, 2.24) is 0 Å². The van der Waals surface area contributed by atoms with Crippen molar-refractivity contribution >= 4 is 11.7 Å². The van der Waals surface area contributed by atoms with Gasteiger partial charge in [0.05, 0.1) is 0 Å². The summed E-state index contributed by atoms with van der Waals surface area (Å²) in [5.74, 6) is -2.45. The number of aryl methyl sites for hydroxylation is 1. The van der Waals surface area contributed by atoms with E-state index in [-0.39, 0.29) is 11.1 Å². The minimum Gasteiger partial charge on any atom is -0.207 e. The van der Waals surface area contributed by atoms with E-state index in [1.54, 1.807) is 24.3 Å². The molecule has 0 amide bonds. The van der Waals surface area contributed by atoms with Gasteiger partial charge in [-0.3, -0.25) is 0 Å². The molecule has 0 radical (unpaired) electrons. The Labute approximate surface area is 151 Å². The maximum Gasteiger partial charge on any atom is 0.166 e. The molecule has 3 rings (SSSR count). The van der Waals surface area contributed by atoms with Gasteiger partial charge in [0.1, 0.15) is 5.82 Å². The van der Waals surface area contributed by atoms with Crippen LogP contribution in [-0.2, 0) is 6.42 Å². The van der Waals surface area contributed by atoms with Gasteiger partial charge in [0.15, 0.2) is 11.7 Å². The molecular weight excluding hydrogens is 333 g/mol. The SMILES string of the molecule is CCCc1ccc(-c2ccc(/C(F)=C(\F)c3ccc(F)cc3)cc2)cc1. The summed E-state index contributed by atoms with van der Waals surface area (Å²) in [6.07, 6.45) is 2.14. The largest absolute Gasteiger partial charge is 0.207 e. The molecule has 0 N–H and O–H groups in total. The van der Waals surface area contributed by atoms with Gasteiger partial charge in [-0.1, -0.05) is 61.9 Å². The first kappa shape index (κ1) is 18.0. The van der Waals surface area contributed by atoms with E-state index in [1.165, 1.54) is 17.7 Å². The van der Waals surface area contributed by atoms with Crippen molar-refractivity contribution in [3.63, 3.8) is 0 Å². The smallest absolute Gasteiger partial charge is 0.166 e. The lowest BCUT2D eigenvalue weighted by Crippen LogP contribution is -1.87. The third-order valence-electron chi connectivity index (χ3n) is 4.25. The van der Waals surface area contributed by atoms with Crippen LogP contribution in [0.25, 0.3) is 22.8 Å². The van der Waals surface area contributed by atoms with Gasteiger partial charge in [0, 0.05) is 11.1 Å². The van der Waals surface area contributed by atoms with E-state index in [9.17, 15) is 13.2 Å². The zero-order chi connectivity index (χ0) is 18.5. The molecule has 0 atom stereocenters. The highest BCUT2D eigenvalue weighted by molar-refractivity contribution is 5.83. The Kier molecular flexibility index (Phi) is 5.57. The van der Waals surface area contributed by atoms with Crippen LogP contribution in [-0.4, -0.2) is 0 Å². The van der Waals surface area contributed by atoms with Crippen LogP contribution in [0.3, 0.4) is 0 Å². The first-order valence-electron chi connectivity index (χ1n) is 8.59. The number of rotatable bonds is 5. The van der Waals surface area contributed by atoms with Crippen molar-refractivity contribution in [1.29, 1.82) is 0 Å². The number of benzene rings is 3. The first-order valence-corrected chi connectivity index (χ1v) is 8.59. The highest BCUT2D eigenvalue weighted by atomic mass is 19.2. The molecule has 0 aliphatic carbocycles. The molecule has 0 fully saturated rings. The van der Waals surface area contributed by atoms with Crippen LogP contribution in [0.4, 0.5) is 13.2 Å². The Morgan fingerprint density at radius 1 is 0.654 bits per heavy atom. The third kappa shape index (κ3) is 4.05. The van der Waals surface area contributed by atoms with Gasteiger partial charge < -0.3 is 0 Å². The molecular formula is C23H19F3. The highest BCUT2D eigenvalue weighted by Crippen LogP contribution is 2.30. The minimum atomic E-state index is -0.998. The van der Waals surface area contributed by atoms with Gasteiger partial charge in [0.25, 0.3) is 0 Å². The van der Waals surface area contributed by atoms with Gasteiger partial charge in [-0.15, -0.1) is 0 Å². The average molecular weight is 352 g/mol. The van der Waals surface area contributed by atoms with E-state index in [4.69, 9.17) is 0 Å². The summed E-state index contributed by atoms with van der Waals surface area (Å²) < 4.78 is 41.6. The zero-order valence-corrected chi connectivity index (χ0v) is 14.5. The van der Waals surface area contributed by atoms with Crippen LogP contribution in [0.2, 0.25) is 0 Å². The van der Waals surface area contributed by atoms with Gasteiger partial charge in [-0.2, -0.15) is 0 Å². The van der Waals surface area contributed by atoms with Crippen LogP contribution >= 0.6 is 0 Å². The fourth-order valence-electron chi connectivity index (χ4n) is 2.81. The molecule has 3 heteroatoms. The van der Waals surface area contributed by atoms with Crippen molar-refractivity contribution in [2.24, 2.45) is 0 Å². The molecule has 132 valence electrons. The van der Waals surface area contributed by atoms with Gasteiger partial charge >= 0.3 is 0 Å². The van der Waals surface area contributed by atoms with Gasteiger partial charge in [-0.25, -0.2) is 13.2 Å². The quantitative estimate of drug-likeness (QED) is 0.426. The lowest BCUT2D eigenvalue weighted by atomic mass is 10.0. The summed E-state index contributed by atoms with van der Waals surface area (Å²) in [6, 6.07) is 19.5. The summed E-state index contributed by atoms with van der Waals surface area (Å²) in [4.78, 5) is 0. The molecule has 0 nitrogen and oxygen atoms in total. The van der Waals surface area contributed by atoms with Crippen LogP contribution in [0.15, 0.2) is 72.8 Å². The standard InChI is InChI=1S/C23H19F3/c1-2-3-16-4-6-17(7-5-16)18-8-10-19(11-9-18)22(25)23(26)20-12-14-21(24)15-13-20/h4-15H,2-3H2,1H3/b23-22+. The van der Waals surface area contributed by atoms with Gasteiger partial charge in [0.2, 0.25) is 0 Å². The second-order valence-electron chi connectivity index (χ2n) is 6.16. The van der Waals surface area contributed by atoms with Crippen molar-refractivity contribution in [2.45, 2.75) is 19.8 Å². The fraction of sp³-hybridized carbons (Fsp3) is 0.130. The van der Waals surface area contributed by atoms with E-state index in [1.807, 2.05) is 12.1 Å². The van der Waals surface area contributed by atoms with Crippen molar-refractivity contribution in [3.8, 4) is 11.1 Å². The van der Waals surface area contributed by atoms with E-state index >= 15 is 0 Å². The minimum absolute atomic E-state index is 0.0134. The first-order chi connectivity index (χ1) is 12.6. The molecule has 0 bridgehead atoms. The van der Waals surface area contributed by atoms with Crippen LogP contribution < -0.4 is 0 Å².